The van der Waals surface area contributed by atoms with Crippen LogP contribution >= 0.6 is 0 Å². The summed E-state index contributed by atoms with van der Waals surface area (Å²) in [6, 6.07) is 19.6. The van der Waals surface area contributed by atoms with Gasteiger partial charge in [-0.05, 0) is 66.9 Å². The highest BCUT2D eigenvalue weighted by Crippen LogP contribution is 2.49. The van der Waals surface area contributed by atoms with Crippen LogP contribution in [0, 0.1) is 5.82 Å². The van der Waals surface area contributed by atoms with E-state index in [1.165, 1.54) is 24.3 Å². The Hall–Kier alpha value is -4.57. The molecule has 4 amide bonds. The van der Waals surface area contributed by atoms with Crippen molar-refractivity contribution in [1.82, 2.24) is 14.8 Å². The fourth-order valence-corrected chi connectivity index (χ4v) is 6.22. The average molecular weight is 558 g/mol. The van der Waals surface area contributed by atoms with E-state index >= 15 is 0 Å². The summed E-state index contributed by atoms with van der Waals surface area (Å²) in [5.74, 6) is 0.304. The first-order valence-electron chi connectivity index (χ1n) is 13.7. The Balaban J connectivity index is 1.34. The number of amides is 4. The SMILES string of the molecule is COc1ccc2c3c([nH]c2c1)[C@H](CO)N(C(=O)Nc1ccc(F)cc1)CC31CCN(C(=O)Nc2ccccc2)CC1. The summed E-state index contributed by atoms with van der Waals surface area (Å²) in [5.41, 5.74) is 3.44. The van der Waals surface area contributed by atoms with E-state index in [1.54, 1.807) is 16.9 Å². The van der Waals surface area contributed by atoms with E-state index < -0.39 is 17.3 Å². The number of anilines is 2. The average Bonchev–Trinajstić information content (AvgIpc) is 3.39. The number of hydrogen-bond acceptors (Lipinski definition) is 4. The molecule has 3 heterocycles. The first-order chi connectivity index (χ1) is 19.9. The molecule has 2 aliphatic heterocycles. The zero-order valence-electron chi connectivity index (χ0n) is 22.7. The maximum Gasteiger partial charge on any atom is 0.322 e. The Morgan fingerprint density at radius 2 is 1.68 bits per heavy atom. The van der Waals surface area contributed by atoms with Crippen LogP contribution in [0.3, 0.4) is 0 Å². The lowest BCUT2D eigenvalue weighted by atomic mass is 9.68. The summed E-state index contributed by atoms with van der Waals surface area (Å²) in [5, 5.41) is 17.4. The number of urea groups is 2. The molecule has 0 saturated carbocycles. The van der Waals surface area contributed by atoms with Gasteiger partial charge in [0, 0.05) is 59.1 Å². The van der Waals surface area contributed by atoms with Crippen LogP contribution in [-0.4, -0.2) is 65.3 Å². The second kappa shape index (κ2) is 10.8. The van der Waals surface area contributed by atoms with Gasteiger partial charge in [0.15, 0.2) is 0 Å². The number of aromatic amines is 1. The number of aliphatic hydroxyl groups is 1. The largest absolute Gasteiger partial charge is 0.497 e. The number of ether oxygens (including phenoxy) is 1. The molecule has 0 unspecified atom stereocenters. The van der Waals surface area contributed by atoms with E-state index in [0.29, 0.717) is 43.9 Å². The monoisotopic (exact) mass is 557 g/mol. The van der Waals surface area contributed by atoms with Gasteiger partial charge in [-0.3, -0.25) is 0 Å². The molecular formula is C31H32FN5O4. The van der Waals surface area contributed by atoms with Gasteiger partial charge < -0.3 is 35.3 Å². The summed E-state index contributed by atoms with van der Waals surface area (Å²) in [7, 11) is 1.61. The first kappa shape index (κ1) is 26.6. The number of benzene rings is 3. The number of H-pyrrole nitrogens is 1. The maximum absolute atomic E-state index is 13.7. The Morgan fingerprint density at radius 3 is 2.37 bits per heavy atom. The maximum atomic E-state index is 13.7. The number of fused-ring (bicyclic) bond motifs is 4. The van der Waals surface area contributed by atoms with Crippen LogP contribution in [0.1, 0.15) is 30.1 Å². The number of aliphatic hydroxyl groups excluding tert-OH is 1. The molecule has 1 atom stereocenters. The Kier molecular flexibility index (Phi) is 7.00. The molecule has 41 heavy (non-hydrogen) atoms. The van der Waals surface area contributed by atoms with Crippen molar-refractivity contribution >= 4 is 34.3 Å². The van der Waals surface area contributed by atoms with Gasteiger partial charge in [-0.25, -0.2) is 14.0 Å². The number of likely N-dealkylation sites (tertiary alicyclic amines) is 1. The highest BCUT2D eigenvalue weighted by Gasteiger charge is 2.49. The second-order valence-electron chi connectivity index (χ2n) is 10.7. The van der Waals surface area contributed by atoms with Crippen molar-refractivity contribution in [2.24, 2.45) is 0 Å². The number of para-hydroxylation sites is 1. The lowest BCUT2D eigenvalue weighted by Gasteiger charge is -2.50. The zero-order valence-corrected chi connectivity index (χ0v) is 22.7. The standard InChI is InChI=1S/C31H32FN5O4/c1-41-23-11-12-24-25(17-23)35-28-26(18-38)37(30(40)34-22-9-7-20(32)8-10-22)19-31(27(24)28)13-15-36(16-14-31)29(39)33-21-5-3-2-4-6-21/h2-12,17,26,35,38H,13-16,18-19H2,1H3,(H,33,39)(H,34,40)/t26-/m0/s1. The molecule has 2 aliphatic rings. The molecule has 1 saturated heterocycles. The third-order valence-corrected chi connectivity index (χ3v) is 8.31. The number of hydrogen-bond donors (Lipinski definition) is 4. The van der Waals surface area contributed by atoms with Crippen molar-refractivity contribution < 1.29 is 23.8 Å². The topological polar surface area (TPSA) is 110 Å². The quantitative estimate of drug-likeness (QED) is 0.267. The van der Waals surface area contributed by atoms with Crippen molar-refractivity contribution in [1.29, 1.82) is 0 Å². The van der Waals surface area contributed by atoms with Gasteiger partial charge in [-0.1, -0.05) is 18.2 Å². The molecule has 9 nitrogen and oxygen atoms in total. The predicted octanol–water partition coefficient (Wildman–Crippen LogP) is 5.46. The molecule has 0 bridgehead atoms. The van der Waals surface area contributed by atoms with Crippen LogP contribution in [0.5, 0.6) is 5.75 Å². The Labute approximate surface area is 236 Å². The van der Waals surface area contributed by atoms with Gasteiger partial charge in [0.1, 0.15) is 11.6 Å². The molecule has 10 heteroatoms. The molecule has 3 aromatic carbocycles. The van der Waals surface area contributed by atoms with Crippen LogP contribution < -0.4 is 15.4 Å². The Morgan fingerprint density at radius 1 is 1.00 bits per heavy atom. The lowest BCUT2D eigenvalue weighted by Crippen LogP contribution is -2.56. The molecule has 0 aliphatic carbocycles. The summed E-state index contributed by atoms with van der Waals surface area (Å²) >= 11 is 0. The zero-order chi connectivity index (χ0) is 28.6. The van der Waals surface area contributed by atoms with E-state index in [2.05, 4.69) is 15.6 Å². The minimum absolute atomic E-state index is 0.162. The van der Waals surface area contributed by atoms with Gasteiger partial charge in [0.2, 0.25) is 0 Å². The lowest BCUT2D eigenvalue weighted by molar-refractivity contribution is 0.0801. The minimum Gasteiger partial charge on any atom is -0.497 e. The van der Waals surface area contributed by atoms with Crippen LogP contribution in [0.4, 0.5) is 25.4 Å². The molecule has 4 aromatic rings. The third-order valence-electron chi connectivity index (χ3n) is 8.31. The van der Waals surface area contributed by atoms with Crippen LogP contribution in [-0.2, 0) is 5.41 Å². The molecule has 4 N–H and O–H groups in total. The number of rotatable bonds is 4. The van der Waals surface area contributed by atoms with Gasteiger partial charge in [0.05, 0.1) is 19.8 Å². The van der Waals surface area contributed by atoms with Gasteiger partial charge in [0.25, 0.3) is 0 Å². The molecule has 0 radical (unpaired) electrons. The summed E-state index contributed by atoms with van der Waals surface area (Å²) < 4.78 is 18.9. The number of halogens is 1. The van der Waals surface area contributed by atoms with E-state index in [4.69, 9.17) is 4.74 Å². The highest BCUT2D eigenvalue weighted by atomic mass is 19.1. The van der Waals surface area contributed by atoms with Gasteiger partial charge >= 0.3 is 12.1 Å². The molecular weight excluding hydrogens is 525 g/mol. The number of nitrogens with zero attached hydrogens (tertiary/aromatic N) is 2. The fraction of sp³-hybridized carbons (Fsp3) is 0.290. The predicted molar refractivity (Wildman–Crippen MR) is 155 cm³/mol. The number of nitrogens with one attached hydrogen (secondary N) is 3. The highest BCUT2D eigenvalue weighted by molar-refractivity contribution is 5.93. The van der Waals surface area contributed by atoms with Gasteiger partial charge in [-0.15, -0.1) is 0 Å². The number of carbonyl (C=O) groups is 2. The molecule has 6 rings (SSSR count). The van der Waals surface area contributed by atoms with E-state index in [1.807, 2.05) is 48.5 Å². The minimum atomic E-state index is -0.617. The second-order valence-corrected chi connectivity index (χ2v) is 10.7. The van der Waals surface area contributed by atoms with Gasteiger partial charge in [-0.2, -0.15) is 0 Å². The Bertz CT molecular complexity index is 1560. The fourth-order valence-electron chi connectivity index (χ4n) is 6.22. The van der Waals surface area contributed by atoms with Crippen molar-refractivity contribution in [2.45, 2.75) is 24.3 Å². The molecule has 212 valence electrons. The number of carbonyl (C=O) groups excluding carboxylic acids is 2. The van der Waals surface area contributed by atoms with Crippen molar-refractivity contribution in [3.05, 3.63) is 89.9 Å². The normalized spacial score (nSPS) is 17.8. The van der Waals surface area contributed by atoms with Crippen molar-refractivity contribution in [2.75, 3.05) is 44.0 Å². The van der Waals surface area contributed by atoms with Crippen molar-refractivity contribution in [3.63, 3.8) is 0 Å². The number of aromatic nitrogens is 1. The van der Waals surface area contributed by atoms with Crippen LogP contribution in [0.25, 0.3) is 10.9 Å². The number of methoxy groups -OCH3 is 1. The van der Waals surface area contributed by atoms with E-state index in [9.17, 15) is 19.1 Å². The summed E-state index contributed by atoms with van der Waals surface area (Å²) in [4.78, 5) is 33.7. The molecule has 1 aromatic heterocycles. The number of piperidine rings is 1. The molecule has 1 spiro atoms. The van der Waals surface area contributed by atoms with Crippen LogP contribution in [0.15, 0.2) is 72.8 Å². The molecule has 1 fully saturated rings. The smallest absolute Gasteiger partial charge is 0.322 e. The summed E-state index contributed by atoms with van der Waals surface area (Å²) in [6.45, 7) is 1.07. The van der Waals surface area contributed by atoms with Crippen molar-refractivity contribution in [3.8, 4) is 5.75 Å². The summed E-state index contributed by atoms with van der Waals surface area (Å²) in [6.07, 6.45) is 1.25. The van der Waals surface area contributed by atoms with E-state index in [0.717, 1.165) is 27.8 Å². The first-order valence-corrected chi connectivity index (χ1v) is 13.7. The third kappa shape index (κ3) is 4.95. The van der Waals surface area contributed by atoms with E-state index in [-0.39, 0.29) is 18.7 Å². The van der Waals surface area contributed by atoms with Crippen LogP contribution in [0.2, 0.25) is 0 Å².